The van der Waals surface area contributed by atoms with Gasteiger partial charge in [-0.1, -0.05) is 6.07 Å². The number of rotatable bonds is 6. The summed E-state index contributed by atoms with van der Waals surface area (Å²) in [5, 5.41) is 4.52. The quantitative estimate of drug-likeness (QED) is 0.782. The van der Waals surface area contributed by atoms with Gasteiger partial charge in [-0.15, -0.1) is 0 Å². The Labute approximate surface area is 139 Å². The normalized spacial score (nSPS) is 10.4. The molecule has 0 fully saturated rings. The molecule has 2 aromatic rings. The smallest absolute Gasteiger partial charge is 0.387 e. The first kappa shape index (κ1) is 18.2. The molecule has 0 aliphatic carbocycles. The zero-order chi connectivity index (χ0) is 18.4. The molecule has 2 aromatic carbocycles. The van der Waals surface area contributed by atoms with Crippen molar-refractivity contribution in [2.45, 2.75) is 6.61 Å². The van der Waals surface area contributed by atoms with E-state index in [1.54, 1.807) is 0 Å². The van der Waals surface area contributed by atoms with Gasteiger partial charge in [0.05, 0.1) is 12.1 Å². The highest BCUT2D eigenvalue weighted by atomic mass is 19.3. The molecule has 0 saturated carbocycles. The van der Waals surface area contributed by atoms with Crippen LogP contribution in [-0.4, -0.2) is 25.0 Å². The fourth-order valence-corrected chi connectivity index (χ4v) is 1.88. The Morgan fingerprint density at radius 2 is 1.84 bits per heavy atom. The fourth-order valence-electron chi connectivity index (χ4n) is 1.88. The van der Waals surface area contributed by atoms with E-state index < -0.39 is 42.2 Å². The number of hydrogen-bond acceptors (Lipinski definition) is 3. The number of nitrogens with one attached hydrogen (secondary N) is 2. The van der Waals surface area contributed by atoms with Gasteiger partial charge in [0, 0.05) is 17.8 Å². The molecule has 0 unspecified atom stereocenters. The molecule has 0 aromatic heterocycles. The maximum absolute atomic E-state index is 13.4. The molecule has 132 valence electrons. The Morgan fingerprint density at radius 3 is 2.52 bits per heavy atom. The molecule has 25 heavy (non-hydrogen) atoms. The van der Waals surface area contributed by atoms with Crippen molar-refractivity contribution in [3.63, 3.8) is 0 Å². The second kappa shape index (κ2) is 8.13. The molecule has 0 aliphatic heterocycles. The summed E-state index contributed by atoms with van der Waals surface area (Å²) in [4.78, 5) is 23.5. The Kier molecular flexibility index (Phi) is 5.93. The van der Waals surface area contributed by atoms with Gasteiger partial charge in [0.1, 0.15) is 17.4 Å². The van der Waals surface area contributed by atoms with Crippen LogP contribution in [0, 0.1) is 11.6 Å². The van der Waals surface area contributed by atoms with Gasteiger partial charge in [-0.2, -0.15) is 8.78 Å². The molecule has 0 atom stereocenters. The van der Waals surface area contributed by atoms with E-state index in [0.717, 1.165) is 12.1 Å². The van der Waals surface area contributed by atoms with Crippen LogP contribution >= 0.6 is 0 Å². The number of ether oxygens (including phenoxy) is 1. The molecule has 0 spiro atoms. The van der Waals surface area contributed by atoms with Crippen LogP contribution in [0.5, 0.6) is 5.75 Å². The third-order valence-corrected chi connectivity index (χ3v) is 2.93. The van der Waals surface area contributed by atoms with Crippen LogP contribution in [0.1, 0.15) is 10.4 Å². The monoisotopic (exact) mass is 356 g/mol. The minimum Gasteiger partial charge on any atom is -0.435 e. The molecule has 9 heteroatoms. The lowest BCUT2D eigenvalue weighted by Crippen LogP contribution is -2.33. The molecule has 0 radical (unpaired) electrons. The molecule has 2 rings (SSSR count). The van der Waals surface area contributed by atoms with Gasteiger partial charge >= 0.3 is 6.61 Å². The van der Waals surface area contributed by atoms with E-state index >= 15 is 0 Å². The van der Waals surface area contributed by atoms with Crippen molar-refractivity contribution < 1.29 is 31.9 Å². The van der Waals surface area contributed by atoms with Crippen molar-refractivity contribution in [2.75, 3.05) is 11.9 Å². The third-order valence-electron chi connectivity index (χ3n) is 2.93. The van der Waals surface area contributed by atoms with E-state index in [1.165, 1.54) is 24.3 Å². The number of alkyl halides is 2. The molecule has 5 nitrogen and oxygen atoms in total. The Balaban J connectivity index is 1.91. The van der Waals surface area contributed by atoms with Gasteiger partial charge in [0.15, 0.2) is 0 Å². The Hall–Kier alpha value is -3.10. The van der Waals surface area contributed by atoms with Gasteiger partial charge in [-0.3, -0.25) is 9.59 Å². The predicted octanol–water partition coefficient (Wildman–Crippen LogP) is 2.93. The maximum atomic E-state index is 13.4. The zero-order valence-electron chi connectivity index (χ0n) is 12.6. The van der Waals surface area contributed by atoms with E-state index in [0.29, 0.717) is 6.07 Å². The van der Waals surface area contributed by atoms with Crippen LogP contribution in [-0.2, 0) is 4.79 Å². The summed E-state index contributed by atoms with van der Waals surface area (Å²) in [6.07, 6.45) is 0. The summed E-state index contributed by atoms with van der Waals surface area (Å²) in [6.45, 7) is -3.51. The number of anilines is 1. The van der Waals surface area contributed by atoms with E-state index in [-0.39, 0.29) is 11.4 Å². The summed E-state index contributed by atoms with van der Waals surface area (Å²) in [5.74, 6) is -3.62. The second-order valence-corrected chi connectivity index (χ2v) is 4.76. The molecular formula is C16H12F4N2O3. The molecule has 2 N–H and O–H groups in total. The van der Waals surface area contributed by atoms with Crippen LogP contribution in [0.2, 0.25) is 0 Å². The maximum Gasteiger partial charge on any atom is 0.387 e. The van der Waals surface area contributed by atoms with Crippen molar-refractivity contribution in [3.05, 3.63) is 59.7 Å². The number of carbonyl (C=O) groups excluding carboxylic acids is 2. The highest BCUT2D eigenvalue weighted by molar-refractivity contribution is 5.99. The van der Waals surface area contributed by atoms with Crippen molar-refractivity contribution >= 4 is 17.5 Å². The van der Waals surface area contributed by atoms with E-state index in [2.05, 4.69) is 15.4 Å². The molecule has 0 bridgehead atoms. The van der Waals surface area contributed by atoms with E-state index in [1.807, 2.05) is 0 Å². The summed E-state index contributed by atoms with van der Waals surface area (Å²) in [7, 11) is 0. The molecular weight excluding hydrogens is 344 g/mol. The van der Waals surface area contributed by atoms with Gasteiger partial charge in [0.2, 0.25) is 5.91 Å². The molecule has 2 amide bonds. The van der Waals surface area contributed by atoms with Crippen LogP contribution in [0.25, 0.3) is 0 Å². The minimum absolute atomic E-state index is 0.148. The van der Waals surface area contributed by atoms with Crippen LogP contribution < -0.4 is 15.4 Å². The average molecular weight is 356 g/mol. The van der Waals surface area contributed by atoms with Gasteiger partial charge in [-0.25, -0.2) is 8.78 Å². The highest BCUT2D eigenvalue weighted by Gasteiger charge is 2.14. The predicted molar refractivity (Wildman–Crippen MR) is 80.4 cm³/mol. The lowest BCUT2D eigenvalue weighted by atomic mass is 10.2. The zero-order valence-corrected chi connectivity index (χ0v) is 12.6. The minimum atomic E-state index is -3.00. The van der Waals surface area contributed by atoms with Crippen LogP contribution in [0.3, 0.4) is 0 Å². The summed E-state index contributed by atoms with van der Waals surface area (Å²) in [5.41, 5.74) is -0.244. The van der Waals surface area contributed by atoms with Crippen molar-refractivity contribution in [1.29, 1.82) is 0 Å². The SMILES string of the molecule is O=C(CNC(=O)c1ccc(F)cc1F)Nc1cccc(OC(F)F)c1. The number of benzene rings is 2. The van der Waals surface area contributed by atoms with Crippen molar-refractivity contribution in [2.24, 2.45) is 0 Å². The topological polar surface area (TPSA) is 67.4 Å². The number of carbonyl (C=O) groups is 2. The largest absolute Gasteiger partial charge is 0.435 e. The lowest BCUT2D eigenvalue weighted by Gasteiger charge is -2.09. The van der Waals surface area contributed by atoms with Gasteiger partial charge < -0.3 is 15.4 Å². The van der Waals surface area contributed by atoms with Crippen molar-refractivity contribution in [3.8, 4) is 5.75 Å². The Morgan fingerprint density at radius 1 is 1.08 bits per heavy atom. The van der Waals surface area contributed by atoms with Crippen LogP contribution in [0.15, 0.2) is 42.5 Å². The van der Waals surface area contributed by atoms with Crippen molar-refractivity contribution in [1.82, 2.24) is 5.32 Å². The standard InChI is InChI=1S/C16H12F4N2O3/c17-9-4-5-12(13(18)6-9)15(24)21-8-14(23)22-10-2-1-3-11(7-10)25-16(19)20/h1-7,16H,8H2,(H,21,24)(H,22,23). The van der Waals surface area contributed by atoms with Crippen LogP contribution in [0.4, 0.5) is 23.2 Å². The molecule has 0 heterocycles. The first-order valence-corrected chi connectivity index (χ1v) is 6.93. The first-order chi connectivity index (χ1) is 11.8. The van der Waals surface area contributed by atoms with E-state index in [9.17, 15) is 27.2 Å². The Bertz CT molecular complexity index is 784. The average Bonchev–Trinajstić information content (AvgIpc) is 2.52. The second-order valence-electron chi connectivity index (χ2n) is 4.76. The fraction of sp³-hybridized carbons (Fsp3) is 0.125. The molecule has 0 saturated heterocycles. The van der Waals surface area contributed by atoms with E-state index in [4.69, 9.17) is 0 Å². The number of amides is 2. The summed E-state index contributed by atoms with van der Waals surface area (Å²) < 4.78 is 54.7. The summed E-state index contributed by atoms with van der Waals surface area (Å²) >= 11 is 0. The molecule has 0 aliphatic rings. The third kappa shape index (κ3) is 5.48. The lowest BCUT2D eigenvalue weighted by molar-refractivity contribution is -0.115. The highest BCUT2D eigenvalue weighted by Crippen LogP contribution is 2.19. The number of halogens is 4. The first-order valence-electron chi connectivity index (χ1n) is 6.93. The van der Waals surface area contributed by atoms with Gasteiger partial charge in [0.25, 0.3) is 5.91 Å². The number of hydrogen-bond donors (Lipinski definition) is 2. The summed E-state index contributed by atoms with van der Waals surface area (Å²) in [6, 6.07) is 7.67. The van der Waals surface area contributed by atoms with Gasteiger partial charge in [-0.05, 0) is 24.3 Å².